The van der Waals surface area contributed by atoms with E-state index in [9.17, 15) is 0 Å². The molecule has 0 bridgehead atoms. The summed E-state index contributed by atoms with van der Waals surface area (Å²) in [5, 5.41) is 2.01. The van der Waals surface area contributed by atoms with Crippen molar-refractivity contribution in [2.75, 3.05) is 13.7 Å². The van der Waals surface area contributed by atoms with Gasteiger partial charge in [0.2, 0.25) is 0 Å². The topological polar surface area (TPSA) is 35.2 Å². The van der Waals surface area contributed by atoms with E-state index in [1.54, 1.807) is 18.4 Å². The molecule has 4 heteroatoms. The molecule has 0 saturated heterocycles. The van der Waals surface area contributed by atoms with Gasteiger partial charge >= 0.3 is 0 Å². The predicted octanol–water partition coefficient (Wildman–Crippen LogP) is 2.16. The number of methoxy groups -OCH3 is 1. The lowest BCUT2D eigenvalue weighted by Gasteiger charge is -2.10. The molecule has 1 heterocycles. The first kappa shape index (κ1) is 9.19. The molecule has 1 unspecified atom stereocenters. The fraction of sp³-hybridized carbons (Fsp3) is 0.429. The van der Waals surface area contributed by atoms with E-state index < -0.39 is 0 Å². The molecule has 0 amide bonds. The van der Waals surface area contributed by atoms with Crippen LogP contribution in [-0.2, 0) is 4.74 Å². The van der Waals surface area contributed by atoms with Crippen molar-refractivity contribution in [3.63, 3.8) is 0 Å². The Bertz CT molecular complexity index is 222. The molecule has 0 aliphatic rings. The second kappa shape index (κ2) is 4.21. The number of rotatable bonds is 3. The molecule has 0 saturated carbocycles. The molecule has 0 spiro atoms. The summed E-state index contributed by atoms with van der Waals surface area (Å²) in [7, 11) is 1.67. The van der Waals surface area contributed by atoms with E-state index in [-0.39, 0.29) is 6.10 Å². The Hall–Kier alpha value is 0.100. The molecule has 2 nitrogen and oxygen atoms in total. The molecule has 0 radical (unpaired) electrons. The largest absolute Gasteiger partial charge is 0.375 e. The highest BCUT2D eigenvalue weighted by Gasteiger charge is 2.12. The average Bonchev–Trinajstić information content (AvgIpc) is 2.40. The SMILES string of the molecule is COC(CN)c1sccc1Br. The zero-order valence-electron chi connectivity index (χ0n) is 6.21. The van der Waals surface area contributed by atoms with Crippen LogP contribution in [0.1, 0.15) is 11.0 Å². The van der Waals surface area contributed by atoms with Gasteiger partial charge in [0.05, 0.1) is 0 Å². The van der Waals surface area contributed by atoms with Gasteiger partial charge in [-0.1, -0.05) is 0 Å². The van der Waals surface area contributed by atoms with Crippen LogP contribution in [0.4, 0.5) is 0 Å². The van der Waals surface area contributed by atoms with E-state index in [2.05, 4.69) is 15.9 Å². The molecule has 11 heavy (non-hydrogen) atoms. The predicted molar refractivity (Wildman–Crippen MR) is 50.8 cm³/mol. The molecule has 1 aromatic rings. The lowest BCUT2D eigenvalue weighted by Crippen LogP contribution is -2.13. The summed E-state index contributed by atoms with van der Waals surface area (Å²) in [6.07, 6.45) is 0.0318. The van der Waals surface area contributed by atoms with Crippen molar-refractivity contribution in [1.82, 2.24) is 0 Å². The highest BCUT2D eigenvalue weighted by molar-refractivity contribution is 9.10. The molecule has 1 atom stereocenters. The minimum atomic E-state index is 0.0318. The molecule has 2 N–H and O–H groups in total. The van der Waals surface area contributed by atoms with Crippen LogP contribution in [0.2, 0.25) is 0 Å². The van der Waals surface area contributed by atoms with Gasteiger partial charge in [0.15, 0.2) is 0 Å². The van der Waals surface area contributed by atoms with Gasteiger partial charge < -0.3 is 10.5 Å². The fourth-order valence-electron chi connectivity index (χ4n) is 0.845. The number of thiophene rings is 1. The van der Waals surface area contributed by atoms with Crippen LogP contribution >= 0.6 is 27.3 Å². The first-order valence-electron chi connectivity index (χ1n) is 3.25. The highest BCUT2D eigenvalue weighted by atomic mass is 79.9. The van der Waals surface area contributed by atoms with Crippen LogP contribution in [0.3, 0.4) is 0 Å². The van der Waals surface area contributed by atoms with Crippen LogP contribution in [0.15, 0.2) is 15.9 Å². The van der Waals surface area contributed by atoms with Gasteiger partial charge in [-0.3, -0.25) is 0 Å². The third kappa shape index (κ3) is 2.02. The highest BCUT2D eigenvalue weighted by Crippen LogP contribution is 2.29. The first-order valence-corrected chi connectivity index (χ1v) is 4.92. The van der Waals surface area contributed by atoms with Gasteiger partial charge in [-0.2, -0.15) is 0 Å². The van der Waals surface area contributed by atoms with Crippen LogP contribution in [-0.4, -0.2) is 13.7 Å². The quantitative estimate of drug-likeness (QED) is 0.872. The number of nitrogens with two attached hydrogens (primary N) is 1. The Kier molecular flexibility index (Phi) is 3.51. The summed E-state index contributed by atoms with van der Waals surface area (Å²) in [6, 6.07) is 2.00. The number of hydrogen-bond donors (Lipinski definition) is 1. The normalized spacial score (nSPS) is 13.4. The van der Waals surface area contributed by atoms with Crippen LogP contribution in [0, 0.1) is 0 Å². The molecule has 0 aliphatic heterocycles. The van der Waals surface area contributed by atoms with Crippen molar-refractivity contribution in [3.05, 3.63) is 20.8 Å². The minimum Gasteiger partial charge on any atom is -0.375 e. The minimum absolute atomic E-state index is 0.0318. The van der Waals surface area contributed by atoms with E-state index in [4.69, 9.17) is 10.5 Å². The fourth-order valence-corrected chi connectivity index (χ4v) is 2.56. The maximum Gasteiger partial charge on any atom is 0.105 e. The summed E-state index contributed by atoms with van der Waals surface area (Å²) in [5.41, 5.74) is 5.50. The summed E-state index contributed by atoms with van der Waals surface area (Å²) < 4.78 is 6.26. The Morgan fingerprint density at radius 1 is 1.82 bits per heavy atom. The van der Waals surface area contributed by atoms with Crippen molar-refractivity contribution in [1.29, 1.82) is 0 Å². The average molecular weight is 236 g/mol. The standard InChI is InChI=1S/C7H10BrNOS/c1-10-6(4-9)7-5(8)2-3-11-7/h2-3,6H,4,9H2,1H3. The van der Waals surface area contributed by atoms with Gasteiger partial charge in [-0.25, -0.2) is 0 Å². The molecule has 0 aliphatic carbocycles. The molecule has 0 fully saturated rings. The van der Waals surface area contributed by atoms with Crippen molar-refractivity contribution in [2.24, 2.45) is 5.73 Å². The summed E-state index contributed by atoms with van der Waals surface area (Å²) in [4.78, 5) is 1.16. The van der Waals surface area contributed by atoms with Crippen molar-refractivity contribution < 1.29 is 4.74 Å². The van der Waals surface area contributed by atoms with Gasteiger partial charge in [0, 0.05) is 23.0 Å². The second-order valence-electron chi connectivity index (χ2n) is 2.09. The zero-order valence-corrected chi connectivity index (χ0v) is 8.61. The molecular formula is C7H10BrNOS. The Morgan fingerprint density at radius 3 is 2.91 bits per heavy atom. The van der Waals surface area contributed by atoms with Crippen molar-refractivity contribution >= 4 is 27.3 Å². The Morgan fingerprint density at radius 2 is 2.55 bits per heavy atom. The third-order valence-corrected chi connectivity index (χ3v) is 3.40. The molecule has 62 valence electrons. The van der Waals surface area contributed by atoms with Gasteiger partial charge in [0.1, 0.15) is 6.10 Å². The van der Waals surface area contributed by atoms with E-state index >= 15 is 0 Å². The molecule has 1 aromatic heterocycles. The number of ether oxygens (including phenoxy) is 1. The maximum absolute atomic E-state index is 5.50. The first-order chi connectivity index (χ1) is 5.29. The molecular weight excluding hydrogens is 226 g/mol. The second-order valence-corrected chi connectivity index (χ2v) is 3.89. The van der Waals surface area contributed by atoms with Crippen LogP contribution < -0.4 is 5.73 Å². The summed E-state index contributed by atoms with van der Waals surface area (Å²) >= 11 is 5.08. The van der Waals surface area contributed by atoms with E-state index in [1.807, 2.05) is 11.4 Å². The van der Waals surface area contributed by atoms with Gasteiger partial charge in [0.25, 0.3) is 0 Å². The van der Waals surface area contributed by atoms with Crippen molar-refractivity contribution in [2.45, 2.75) is 6.10 Å². The zero-order chi connectivity index (χ0) is 8.27. The molecule has 1 rings (SSSR count). The lowest BCUT2D eigenvalue weighted by atomic mass is 10.3. The smallest absolute Gasteiger partial charge is 0.105 e. The van der Waals surface area contributed by atoms with Gasteiger partial charge in [-0.15, -0.1) is 11.3 Å². The third-order valence-electron chi connectivity index (χ3n) is 1.44. The Balaban J connectivity index is 2.81. The number of hydrogen-bond acceptors (Lipinski definition) is 3. The van der Waals surface area contributed by atoms with E-state index in [1.165, 1.54) is 0 Å². The van der Waals surface area contributed by atoms with Gasteiger partial charge in [-0.05, 0) is 27.4 Å². The van der Waals surface area contributed by atoms with Crippen molar-refractivity contribution in [3.8, 4) is 0 Å². The Labute approximate surface area is 78.5 Å². The lowest BCUT2D eigenvalue weighted by molar-refractivity contribution is 0.113. The summed E-state index contributed by atoms with van der Waals surface area (Å²) in [6.45, 7) is 0.523. The van der Waals surface area contributed by atoms with E-state index in [0.717, 1.165) is 9.35 Å². The maximum atomic E-state index is 5.50. The molecule has 0 aromatic carbocycles. The monoisotopic (exact) mass is 235 g/mol. The number of halogens is 1. The van der Waals surface area contributed by atoms with Crippen LogP contribution in [0.5, 0.6) is 0 Å². The van der Waals surface area contributed by atoms with Crippen LogP contribution in [0.25, 0.3) is 0 Å². The summed E-state index contributed by atoms with van der Waals surface area (Å²) in [5.74, 6) is 0. The van der Waals surface area contributed by atoms with E-state index in [0.29, 0.717) is 6.54 Å².